The van der Waals surface area contributed by atoms with Crippen LogP contribution in [-0.2, 0) is 7.05 Å². The minimum Gasteiger partial charge on any atom is -0.496 e. The number of nitrogens with zero attached hydrogens (tertiary/aromatic N) is 1. The van der Waals surface area contributed by atoms with Crippen LogP contribution in [0.1, 0.15) is 15.9 Å². The molecule has 5 nitrogen and oxygen atoms in total. The van der Waals surface area contributed by atoms with Crippen molar-refractivity contribution >= 4 is 16.8 Å². The van der Waals surface area contributed by atoms with E-state index in [4.69, 9.17) is 10.5 Å². The molecule has 1 aromatic carbocycles. The van der Waals surface area contributed by atoms with Crippen LogP contribution in [0.25, 0.3) is 10.9 Å². The molecule has 0 aliphatic heterocycles. The Balaban J connectivity index is 2.95. The van der Waals surface area contributed by atoms with Crippen LogP contribution in [0.5, 0.6) is 5.75 Å². The molecule has 5 heteroatoms. The lowest BCUT2D eigenvalue weighted by Crippen LogP contribution is -2.23. The molecular formula is C13H14N2O3. The largest absolute Gasteiger partial charge is 0.496 e. The molecule has 0 aliphatic rings. The summed E-state index contributed by atoms with van der Waals surface area (Å²) in [5, 5.41) is 0.427. The van der Waals surface area contributed by atoms with Crippen molar-refractivity contribution in [3.63, 3.8) is 0 Å². The summed E-state index contributed by atoms with van der Waals surface area (Å²) in [5.74, 6) is -0.113. The summed E-state index contributed by atoms with van der Waals surface area (Å²) in [6.07, 6.45) is 1.46. The first-order valence-electron chi connectivity index (χ1n) is 5.43. The predicted molar refractivity (Wildman–Crippen MR) is 69.0 cm³/mol. The highest BCUT2D eigenvalue weighted by molar-refractivity contribution is 5.96. The number of aryl methyl sites for hydroxylation is 2. The predicted octanol–water partition coefficient (Wildman–Crippen LogP) is 0.954. The molecular weight excluding hydrogens is 232 g/mol. The zero-order valence-corrected chi connectivity index (χ0v) is 10.5. The highest BCUT2D eigenvalue weighted by atomic mass is 16.5. The fraction of sp³-hybridized carbons (Fsp3) is 0.231. The first-order valence-corrected chi connectivity index (χ1v) is 5.43. The molecule has 2 aromatic rings. The van der Waals surface area contributed by atoms with Crippen LogP contribution >= 0.6 is 0 Å². The van der Waals surface area contributed by atoms with Crippen molar-refractivity contribution < 1.29 is 9.53 Å². The number of carbonyl (C=O) groups excluding carboxylic acids is 1. The van der Waals surface area contributed by atoms with Gasteiger partial charge in [-0.1, -0.05) is 0 Å². The van der Waals surface area contributed by atoms with E-state index in [1.807, 2.05) is 13.0 Å². The van der Waals surface area contributed by atoms with Crippen molar-refractivity contribution in [3.8, 4) is 5.75 Å². The average molecular weight is 246 g/mol. The maximum Gasteiger partial charge on any atom is 0.254 e. The maximum atomic E-state index is 12.1. The van der Waals surface area contributed by atoms with E-state index in [-0.39, 0.29) is 11.0 Å². The number of nitrogens with two attached hydrogens (primary N) is 1. The summed E-state index contributed by atoms with van der Waals surface area (Å²) in [6, 6.07) is 3.49. The normalized spacial score (nSPS) is 10.6. The van der Waals surface area contributed by atoms with Gasteiger partial charge in [-0.25, -0.2) is 0 Å². The van der Waals surface area contributed by atoms with Crippen molar-refractivity contribution in [2.45, 2.75) is 6.92 Å². The molecule has 0 unspecified atom stereocenters. The zero-order chi connectivity index (χ0) is 13.4. The molecule has 2 rings (SSSR count). The molecule has 0 saturated heterocycles. The molecule has 2 N–H and O–H groups in total. The molecule has 0 bridgehead atoms. The third-order valence-corrected chi connectivity index (χ3v) is 2.97. The lowest BCUT2D eigenvalue weighted by molar-refractivity contribution is 0.0999. The van der Waals surface area contributed by atoms with Crippen molar-refractivity contribution in [2.24, 2.45) is 12.8 Å². The van der Waals surface area contributed by atoms with E-state index in [1.54, 1.807) is 17.7 Å². The van der Waals surface area contributed by atoms with E-state index in [9.17, 15) is 9.59 Å². The standard InChI is InChI=1S/C13H14N2O3/c1-7-4-10-8(5-11(7)18-3)12(16)9(13(14)17)6-15(10)2/h4-6H,1-3H3,(H2,14,17). The van der Waals surface area contributed by atoms with E-state index in [0.29, 0.717) is 11.1 Å². The van der Waals surface area contributed by atoms with Gasteiger partial charge in [0.1, 0.15) is 11.3 Å². The summed E-state index contributed by atoms with van der Waals surface area (Å²) in [6.45, 7) is 1.89. The number of pyridine rings is 1. The fourth-order valence-corrected chi connectivity index (χ4v) is 2.01. The van der Waals surface area contributed by atoms with Gasteiger partial charge in [0.2, 0.25) is 5.43 Å². The number of fused-ring (bicyclic) bond motifs is 1. The molecule has 0 saturated carbocycles. The van der Waals surface area contributed by atoms with Gasteiger partial charge in [0.25, 0.3) is 5.91 Å². The average Bonchev–Trinajstić information content (AvgIpc) is 2.33. The summed E-state index contributed by atoms with van der Waals surface area (Å²) < 4.78 is 6.90. The number of amides is 1. The van der Waals surface area contributed by atoms with Crippen LogP contribution in [0.2, 0.25) is 0 Å². The molecule has 1 aromatic heterocycles. The third-order valence-electron chi connectivity index (χ3n) is 2.97. The van der Waals surface area contributed by atoms with Crippen LogP contribution in [0, 0.1) is 6.92 Å². The number of ether oxygens (including phenoxy) is 1. The van der Waals surface area contributed by atoms with Gasteiger partial charge in [0, 0.05) is 13.2 Å². The number of aromatic nitrogens is 1. The topological polar surface area (TPSA) is 74.3 Å². The number of carbonyl (C=O) groups is 1. The molecule has 18 heavy (non-hydrogen) atoms. The van der Waals surface area contributed by atoms with Gasteiger partial charge in [0.05, 0.1) is 18.0 Å². The fourth-order valence-electron chi connectivity index (χ4n) is 2.01. The van der Waals surface area contributed by atoms with E-state index >= 15 is 0 Å². The first-order chi connectivity index (χ1) is 8.45. The Morgan fingerprint density at radius 3 is 2.61 bits per heavy atom. The summed E-state index contributed by atoms with van der Waals surface area (Å²) in [4.78, 5) is 23.3. The van der Waals surface area contributed by atoms with E-state index in [0.717, 1.165) is 11.1 Å². The van der Waals surface area contributed by atoms with E-state index in [2.05, 4.69) is 0 Å². The van der Waals surface area contributed by atoms with Crippen molar-refractivity contribution in [1.82, 2.24) is 4.57 Å². The molecule has 1 amide bonds. The van der Waals surface area contributed by atoms with E-state index in [1.165, 1.54) is 13.3 Å². The van der Waals surface area contributed by atoms with Crippen molar-refractivity contribution in [2.75, 3.05) is 7.11 Å². The number of hydrogen-bond acceptors (Lipinski definition) is 3. The van der Waals surface area contributed by atoms with Gasteiger partial charge in [-0.2, -0.15) is 0 Å². The van der Waals surface area contributed by atoms with Gasteiger partial charge in [-0.05, 0) is 24.6 Å². The van der Waals surface area contributed by atoms with Crippen LogP contribution in [0.15, 0.2) is 23.1 Å². The van der Waals surface area contributed by atoms with Gasteiger partial charge in [-0.15, -0.1) is 0 Å². The maximum absolute atomic E-state index is 12.1. The monoisotopic (exact) mass is 246 g/mol. The lowest BCUT2D eigenvalue weighted by atomic mass is 10.1. The lowest BCUT2D eigenvalue weighted by Gasteiger charge is -2.11. The quantitative estimate of drug-likeness (QED) is 0.857. The number of benzene rings is 1. The van der Waals surface area contributed by atoms with Crippen molar-refractivity contribution in [3.05, 3.63) is 39.7 Å². The molecule has 0 aliphatic carbocycles. The minimum absolute atomic E-state index is 0.0177. The molecule has 1 heterocycles. The number of rotatable bonds is 2. The number of hydrogen-bond donors (Lipinski definition) is 1. The molecule has 0 radical (unpaired) electrons. The summed E-state index contributed by atoms with van der Waals surface area (Å²) in [7, 11) is 3.30. The molecule has 0 spiro atoms. The van der Waals surface area contributed by atoms with Crippen LogP contribution in [0.4, 0.5) is 0 Å². The van der Waals surface area contributed by atoms with E-state index < -0.39 is 5.91 Å². The Bertz CT molecular complexity index is 701. The second kappa shape index (κ2) is 4.18. The van der Waals surface area contributed by atoms with Crippen LogP contribution < -0.4 is 15.9 Å². The first kappa shape index (κ1) is 12.2. The SMILES string of the molecule is COc1cc2c(=O)c(C(N)=O)cn(C)c2cc1C. The summed E-state index contributed by atoms with van der Waals surface area (Å²) >= 11 is 0. The molecule has 94 valence electrons. The van der Waals surface area contributed by atoms with Crippen molar-refractivity contribution in [1.29, 1.82) is 0 Å². The van der Waals surface area contributed by atoms with Crippen LogP contribution in [-0.4, -0.2) is 17.6 Å². The highest BCUT2D eigenvalue weighted by Gasteiger charge is 2.13. The molecule has 0 atom stereocenters. The van der Waals surface area contributed by atoms with Gasteiger partial charge < -0.3 is 15.0 Å². The second-order valence-corrected chi connectivity index (χ2v) is 4.19. The van der Waals surface area contributed by atoms with Crippen LogP contribution in [0.3, 0.4) is 0 Å². The minimum atomic E-state index is -0.725. The Kier molecular flexibility index (Phi) is 2.82. The Morgan fingerprint density at radius 1 is 1.39 bits per heavy atom. The molecule has 0 fully saturated rings. The summed E-state index contributed by atoms with van der Waals surface area (Å²) in [5.41, 5.74) is 6.47. The van der Waals surface area contributed by atoms with Gasteiger partial charge in [0.15, 0.2) is 0 Å². The third kappa shape index (κ3) is 1.73. The zero-order valence-electron chi connectivity index (χ0n) is 10.5. The smallest absolute Gasteiger partial charge is 0.254 e. The highest BCUT2D eigenvalue weighted by Crippen LogP contribution is 2.23. The Hall–Kier alpha value is -2.30. The second-order valence-electron chi connectivity index (χ2n) is 4.19. The number of primary amides is 1. The number of methoxy groups -OCH3 is 1. The van der Waals surface area contributed by atoms with Gasteiger partial charge >= 0.3 is 0 Å². The van der Waals surface area contributed by atoms with Gasteiger partial charge in [-0.3, -0.25) is 9.59 Å². The Morgan fingerprint density at radius 2 is 2.06 bits per heavy atom. The Labute approximate surface area is 104 Å².